The molecule has 256 valence electrons. The van der Waals surface area contributed by atoms with E-state index < -0.39 is 0 Å². The molecule has 6 aromatic rings. The average molecular weight is 667 g/mol. The number of nitrogens with one attached hydrogen (secondary N) is 1. The fourth-order valence-corrected chi connectivity index (χ4v) is 9.87. The lowest BCUT2D eigenvalue weighted by molar-refractivity contribution is 0.195. The molecule has 6 aromatic carbocycles. The van der Waals surface area contributed by atoms with Gasteiger partial charge in [0.2, 0.25) is 0 Å². The molecule has 2 unspecified atom stereocenters. The van der Waals surface area contributed by atoms with Crippen molar-refractivity contribution >= 4 is 62.5 Å². The van der Waals surface area contributed by atoms with Crippen molar-refractivity contribution in [2.45, 2.75) is 103 Å². The molecule has 0 radical (unpaired) electrons. The van der Waals surface area contributed by atoms with Gasteiger partial charge in [-0.3, -0.25) is 0 Å². The van der Waals surface area contributed by atoms with E-state index in [4.69, 9.17) is 0 Å². The van der Waals surface area contributed by atoms with Gasteiger partial charge in [0.05, 0.1) is 5.54 Å². The molecule has 2 heterocycles. The van der Waals surface area contributed by atoms with Crippen molar-refractivity contribution in [3.63, 3.8) is 0 Å². The Hall–Kier alpha value is -4.50. The maximum Gasteiger partial charge on any atom is 0.198 e. The Bertz CT molecular complexity index is 2370. The first-order valence-electron chi connectivity index (χ1n) is 19.2. The van der Waals surface area contributed by atoms with Crippen LogP contribution in [0.5, 0.6) is 0 Å². The number of fused-ring (bicyclic) bond motifs is 7. The molecule has 9 rings (SSSR count). The van der Waals surface area contributed by atoms with Gasteiger partial charge in [0.1, 0.15) is 0 Å². The van der Waals surface area contributed by atoms with Crippen molar-refractivity contribution in [3.8, 4) is 11.1 Å². The molecular weight excluding hydrogens is 615 g/mol. The Labute approximate surface area is 305 Å². The van der Waals surface area contributed by atoms with Gasteiger partial charge in [-0.05, 0) is 110 Å². The molecule has 0 spiro atoms. The number of hydrogen-bond donors (Lipinski definition) is 1. The summed E-state index contributed by atoms with van der Waals surface area (Å²) in [5.74, 6) is 0. The van der Waals surface area contributed by atoms with Gasteiger partial charge in [-0.2, -0.15) is 0 Å². The summed E-state index contributed by atoms with van der Waals surface area (Å²) in [5, 5.41) is 9.09. The number of nitrogens with zero attached hydrogens (tertiary/aromatic N) is 1. The molecule has 3 aliphatic rings. The van der Waals surface area contributed by atoms with Crippen LogP contribution in [0.4, 0.5) is 22.7 Å². The standard InChI is InChI=1S/C48H51BN2/c1-45(2,3)33-19-21-35(22-20-33)50-40-26-31-16-10-9-15-30(31)25-37(40)42-36-18-12-11-17-32(36)27-41-43(42)49-39-29-34(46(4,5)6)28-38-44(39)51(41)48(8)24-14-13-23-47(38,48)7/h9-12,15-22,25-29,49-50H,13-14,23-24H2,1-8H3. The Morgan fingerprint density at radius 1 is 0.667 bits per heavy atom. The summed E-state index contributed by atoms with van der Waals surface area (Å²) in [4.78, 5) is 2.84. The van der Waals surface area contributed by atoms with Crippen LogP contribution in [0.15, 0.2) is 103 Å². The molecule has 1 aliphatic carbocycles. The van der Waals surface area contributed by atoms with Crippen LogP contribution in [0, 0.1) is 0 Å². The van der Waals surface area contributed by atoms with Crippen molar-refractivity contribution in [1.29, 1.82) is 0 Å². The van der Waals surface area contributed by atoms with Crippen LogP contribution in [-0.4, -0.2) is 12.8 Å². The van der Waals surface area contributed by atoms with Crippen molar-refractivity contribution in [2.75, 3.05) is 10.2 Å². The topological polar surface area (TPSA) is 15.3 Å². The van der Waals surface area contributed by atoms with E-state index in [9.17, 15) is 0 Å². The van der Waals surface area contributed by atoms with Crippen LogP contribution < -0.4 is 21.1 Å². The Morgan fingerprint density at radius 2 is 1.31 bits per heavy atom. The molecule has 1 saturated carbocycles. The number of rotatable bonds is 3. The normalized spacial score (nSPS) is 20.9. The predicted octanol–water partition coefficient (Wildman–Crippen LogP) is 11.4. The van der Waals surface area contributed by atoms with Crippen molar-refractivity contribution in [2.24, 2.45) is 0 Å². The molecule has 0 amide bonds. The van der Waals surface area contributed by atoms with Gasteiger partial charge < -0.3 is 10.2 Å². The van der Waals surface area contributed by atoms with Crippen molar-refractivity contribution < 1.29 is 0 Å². The molecule has 2 aliphatic heterocycles. The van der Waals surface area contributed by atoms with E-state index in [1.165, 1.54) is 91.8 Å². The average Bonchev–Trinajstić information content (AvgIpc) is 3.31. The van der Waals surface area contributed by atoms with Gasteiger partial charge in [0.25, 0.3) is 0 Å². The van der Waals surface area contributed by atoms with Crippen LogP contribution in [0.1, 0.15) is 97.8 Å². The maximum absolute atomic E-state index is 3.94. The lowest BCUT2D eigenvalue weighted by Gasteiger charge is -2.51. The van der Waals surface area contributed by atoms with Crippen LogP contribution in [0.25, 0.3) is 32.7 Å². The van der Waals surface area contributed by atoms with Gasteiger partial charge in [0.15, 0.2) is 7.28 Å². The number of benzene rings is 6. The Morgan fingerprint density at radius 3 is 2.02 bits per heavy atom. The largest absolute Gasteiger partial charge is 0.355 e. The fraction of sp³-hybridized carbons (Fsp3) is 0.333. The van der Waals surface area contributed by atoms with E-state index in [2.05, 4.69) is 169 Å². The summed E-state index contributed by atoms with van der Waals surface area (Å²) >= 11 is 0. The minimum absolute atomic E-state index is 0.00695. The first-order chi connectivity index (χ1) is 24.3. The highest BCUT2D eigenvalue weighted by molar-refractivity contribution is 6.74. The van der Waals surface area contributed by atoms with Crippen molar-refractivity contribution in [3.05, 3.63) is 120 Å². The third-order valence-corrected chi connectivity index (χ3v) is 13.1. The third kappa shape index (κ3) is 4.83. The quantitative estimate of drug-likeness (QED) is 0.189. The summed E-state index contributed by atoms with van der Waals surface area (Å²) < 4.78 is 0. The number of anilines is 4. The third-order valence-electron chi connectivity index (χ3n) is 13.1. The highest BCUT2D eigenvalue weighted by Gasteiger charge is 2.59. The first kappa shape index (κ1) is 32.4. The second-order valence-electron chi connectivity index (χ2n) is 18.3. The van der Waals surface area contributed by atoms with E-state index in [1.807, 2.05) is 0 Å². The fourth-order valence-electron chi connectivity index (χ4n) is 9.87. The smallest absolute Gasteiger partial charge is 0.198 e. The minimum atomic E-state index is 0.00695. The highest BCUT2D eigenvalue weighted by Crippen LogP contribution is 2.61. The van der Waals surface area contributed by atoms with Crippen LogP contribution >= 0.6 is 0 Å². The van der Waals surface area contributed by atoms with E-state index >= 15 is 0 Å². The molecule has 1 N–H and O–H groups in total. The molecule has 0 aromatic heterocycles. The van der Waals surface area contributed by atoms with Crippen molar-refractivity contribution in [1.82, 2.24) is 0 Å². The van der Waals surface area contributed by atoms with E-state index in [0.29, 0.717) is 0 Å². The first-order valence-corrected chi connectivity index (χ1v) is 19.2. The molecule has 51 heavy (non-hydrogen) atoms. The summed E-state index contributed by atoms with van der Waals surface area (Å²) in [6, 6.07) is 39.5. The molecule has 1 fully saturated rings. The van der Waals surface area contributed by atoms with E-state index in [1.54, 1.807) is 5.56 Å². The SMILES string of the molecule is CC(C)(C)c1ccc(Nc2cc3ccccc3cc2-c2c3c(cc4ccccc24)N2c4c(cc(C(C)(C)C)cc4C4(C)CCCCC24C)B3)cc1. The molecule has 2 atom stereocenters. The molecule has 3 heteroatoms. The van der Waals surface area contributed by atoms with Gasteiger partial charge in [-0.15, -0.1) is 0 Å². The maximum atomic E-state index is 3.94. The Balaban J connectivity index is 1.33. The summed E-state index contributed by atoms with van der Waals surface area (Å²) in [5.41, 5.74) is 15.4. The minimum Gasteiger partial charge on any atom is -0.355 e. The summed E-state index contributed by atoms with van der Waals surface area (Å²) in [7, 11) is 0.928. The zero-order valence-corrected chi connectivity index (χ0v) is 31.8. The molecule has 0 saturated heterocycles. The summed E-state index contributed by atoms with van der Waals surface area (Å²) in [6.07, 6.45) is 5.02. The van der Waals surface area contributed by atoms with Gasteiger partial charge in [0, 0.05) is 33.7 Å². The Kier molecular flexibility index (Phi) is 6.99. The van der Waals surface area contributed by atoms with Gasteiger partial charge in [-0.25, -0.2) is 0 Å². The van der Waals surface area contributed by atoms with E-state index in [0.717, 1.165) is 18.7 Å². The second kappa shape index (κ2) is 11.0. The lowest BCUT2D eigenvalue weighted by Crippen LogP contribution is -2.57. The molecule has 2 nitrogen and oxygen atoms in total. The van der Waals surface area contributed by atoms with Crippen LogP contribution in [0.2, 0.25) is 0 Å². The van der Waals surface area contributed by atoms with Gasteiger partial charge >= 0.3 is 0 Å². The zero-order chi connectivity index (χ0) is 35.5. The van der Waals surface area contributed by atoms with E-state index in [-0.39, 0.29) is 21.8 Å². The highest BCUT2D eigenvalue weighted by atomic mass is 15.3. The zero-order valence-electron chi connectivity index (χ0n) is 31.8. The lowest BCUT2D eigenvalue weighted by atomic mass is 9.56. The van der Waals surface area contributed by atoms with Crippen LogP contribution in [0.3, 0.4) is 0 Å². The predicted molar refractivity (Wildman–Crippen MR) is 223 cm³/mol. The molecule has 0 bridgehead atoms. The monoisotopic (exact) mass is 666 g/mol. The van der Waals surface area contributed by atoms with Crippen LogP contribution in [-0.2, 0) is 16.2 Å². The molecular formula is C48H51BN2. The van der Waals surface area contributed by atoms with Gasteiger partial charge in [-0.1, -0.05) is 140 Å². The summed E-state index contributed by atoms with van der Waals surface area (Å²) in [6.45, 7) is 19.2. The second-order valence-corrected chi connectivity index (χ2v) is 18.3. The number of hydrogen-bond acceptors (Lipinski definition) is 2.